The Morgan fingerprint density at radius 3 is 2.10 bits per heavy atom. The molecule has 0 aliphatic rings. The van der Waals surface area contributed by atoms with Gasteiger partial charge in [-0.1, -0.05) is 18.2 Å². The highest BCUT2D eigenvalue weighted by Crippen LogP contribution is 2.31. The van der Waals surface area contributed by atoms with Crippen molar-refractivity contribution in [1.82, 2.24) is 0 Å². The minimum Gasteiger partial charge on any atom is -0.374 e. The van der Waals surface area contributed by atoms with Crippen LogP contribution in [0.1, 0.15) is 24.1 Å². The molecule has 0 saturated carbocycles. The summed E-state index contributed by atoms with van der Waals surface area (Å²) < 4.78 is 65.0. The van der Waals surface area contributed by atoms with Crippen LogP contribution >= 0.6 is 0 Å². The van der Waals surface area contributed by atoms with Crippen molar-refractivity contribution in [3.8, 4) is 0 Å². The first-order chi connectivity index (χ1) is 9.79. The van der Waals surface area contributed by atoms with E-state index in [1.165, 1.54) is 25.1 Å². The third-order valence-electron chi connectivity index (χ3n) is 3.04. The van der Waals surface area contributed by atoms with Crippen molar-refractivity contribution < 1.29 is 22.0 Å². The van der Waals surface area contributed by atoms with Crippen LogP contribution in [0.3, 0.4) is 0 Å². The van der Waals surface area contributed by atoms with Gasteiger partial charge >= 0.3 is 6.18 Å². The maximum Gasteiger partial charge on any atom is 0.416 e. The zero-order valence-corrected chi connectivity index (χ0v) is 11.0. The first-order valence-electron chi connectivity index (χ1n) is 6.16. The predicted molar refractivity (Wildman–Crippen MR) is 69.8 cm³/mol. The average Bonchev–Trinajstić information content (AvgIpc) is 2.42. The summed E-state index contributed by atoms with van der Waals surface area (Å²) in [6.07, 6.45) is -4.46. The Labute approximate surface area is 118 Å². The van der Waals surface area contributed by atoms with E-state index in [1.807, 2.05) is 0 Å². The summed E-state index contributed by atoms with van der Waals surface area (Å²) >= 11 is 0. The van der Waals surface area contributed by atoms with Crippen LogP contribution in [0.5, 0.6) is 0 Å². The van der Waals surface area contributed by atoms with Crippen LogP contribution < -0.4 is 5.32 Å². The Hall–Kier alpha value is -2.11. The molecule has 112 valence electrons. The minimum atomic E-state index is -4.46. The first-order valence-corrected chi connectivity index (χ1v) is 6.16. The molecule has 6 heteroatoms. The minimum absolute atomic E-state index is 0.285. The van der Waals surface area contributed by atoms with Crippen LogP contribution in [-0.4, -0.2) is 0 Å². The van der Waals surface area contributed by atoms with E-state index < -0.39 is 29.4 Å². The maximum atomic E-state index is 13.5. The van der Waals surface area contributed by atoms with E-state index in [4.69, 9.17) is 0 Å². The van der Waals surface area contributed by atoms with Crippen LogP contribution in [0, 0.1) is 11.6 Å². The van der Waals surface area contributed by atoms with E-state index in [-0.39, 0.29) is 11.3 Å². The second kappa shape index (κ2) is 5.71. The molecule has 0 heterocycles. The van der Waals surface area contributed by atoms with Gasteiger partial charge in [-0.25, -0.2) is 8.78 Å². The molecule has 1 unspecified atom stereocenters. The Kier molecular flexibility index (Phi) is 4.16. The van der Waals surface area contributed by atoms with Gasteiger partial charge in [0.05, 0.1) is 5.56 Å². The van der Waals surface area contributed by atoms with Crippen LogP contribution in [0.4, 0.5) is 27.6 Å². The number of nitrogens with one attached hydrogen (secondary N) is 1. The van der Waals surface area contributed by atoms with Gasteiger partial charge in [-0.05, 0) is 36.8 Å². The van der Waals surface area contributed by atoms with E-state index >= 15 is 0 Å². The van der Waals surface area contributed by atoms with Crippen molar-refractivity contribution in [1.29, 1.82) is 0 Å². The van der Waals surface area contributed by atoms with Gasteiger partial charge in [0.15, 0.2) is 0 Å². The lowest BCUT2D eigenvalue weighted by Gasteiger charge is -2.18. The first kappa shape index (κ1) is 15.3. The molecule has 2 aromatic carbocycles. The quantitative estimate of drug-likeness (QED) is 0.772. The van der Waals surface area contributed by atoms with E-state index in [9.17, 15) is 22.0 Å². The second-order valence-electron chi connectivity index (χ2n) is 4.59. The summed E-state index contributed by atoms with van der Waals surface area (Å²) in [4.78, 5) is 0. The number of hydrogen-bond acceptors (Lipinski definition) is 1. The monoisotopic (exact) mass is 301 g/mol. The largest absolute Gasteiger partial charge is 0.416 e. The molecule has 0 saturated heterocycles. The lowest BCUT2D eigenvalue weighted by Crippen LogP contribution is -2.11. The molecular formula is C15H12F5N. The van der Waals surface area contributed by atoms with Gasteiger partial charge in [0.2, 0.25) is 0 Å². The molecule has 21 heavy (non-hydrogen) atoms. The molecule has 1 nitrogen and oxygen atoms in total. The SMILES string of the molecule is CC(Nc1c(F)cccc1F)c1cccc(C(F)(F)F)c1. The lowest BCUT2D eigenvalue weighted by molar-refractivity contribution is -0.137. The zero-order chi connectivity index (χ0) is 15.6. The molecule has 0 spiro atoms. The van der Waals surface area contributed by atoms with Gasteiger partial charge in [-0.3, -0.25) is 0 Å². The number of para-hydroxylation sites is 1. The number of alkyl halides is 3. The third-order valence-corrected chi connectivity index (χ3v) is 3.04. The van der Waals surface area contributed by atoms with E-state index in [0.717, 1.165) is 24.3 Å². The normalized spacial score (nSPS) is 13.0. The number of halogens is 5. The standard InChI is InChI=1S/C15H12F5N/c1-9(21-14-12(16)6-3-7-13(14)17)10-4-2-5-11(8-10)15(18,19)20/h2-9,21H,1H3. The molecule has 2 aromatic rings. The maximum absolute atomic E-state index is 13.5. The fourth-order valence-electron chi connectivity index (χ4n) is 1.92. The molecule has 0 aliphatic heterocycles. The molecule has 0 amide bonds. The smallest absolute Gasteiger partial charge is 0.374 e. The summed E-state index contributed by atoms with van der Waals surface area (Å²) in [7, 11) is 0. The van der Waals surface area contributed by atoms with Crippen molar-refractivity contribution in [3.63, 3.8) is 0 Å². The predicted octanol–water partition coefficient (Wildman–Crippen LogP) is 5.16. The van der Waals surface area contributed by atoms with Gasteiger partial charge < -0.3 is 5.32 Å². The topological polar surface area (TPSA) is 12.0 Å². The van der Waals surface area contributed by atoms with Gasteiger partial charge in [-0.15, -0.1) is 0 Å². The summed E-state index contributed by atoms with van der Waals surface area (Å²) in [5.41, 5.74) is -0.877. The summed E-state index contributed by atoms with van der Waals surface area (Å²) in [5.74, 6) is -1.59. The molecule has 0 aromatic heterocycles. The highest BCUT2D eigenvalue weighted by molar-refractivity contribution is 5.48. The van der Waals surface area contributed by atoms with Crippen LogP contribution in [0.25, 0.3) is 0 Å². The molecule has 2 rings (SSSR count). The number of rotatable bonds is 3. The third kappa shape index (κ3) is 3.51. The van der Waals surface area contributed by atoms with E-state index in [2.05, 4.69) is 5.32 Å². The Morgan fingerprint density at radius 2 is 1.52 bits per heavy atom. The van der Waals surface area contributed by atoms with Crippen LogP contribution in [-0.2, 0) is 6.18 Å². The highest BCUT2D eigenvalue weighted by atomic mass is 19.4. The average molecular weight is 301 g/mol. The summed E-state index contributed by atoms with van der Waals surface area (Å²) in [6, 6.07) is 7.30. The Bertz CT molecular complexity index is 616. The number of hydrogen-bond donors (Lipinski definition) is 1. The molecule has 1 atom stereocenters. The molecular weight excluding hydrogens is 289 g/mol. The number of benzene rings is 2. The fourth-order valence-corrected chi connectivity index (χ4v) is 1.92. The van der Waals surface area contributed by atoms with E-state index in [1.54, 1.807) is 0 Å². The van der Waals surface area contributed by atoms with Gasteiger partial charge in [-0.2, -0.15) is 13.2 Å². The van der Waals surface area contributed by atoms with Crippen molar-refractivity contribution in [2.24, 2.45) is 0 Å². The van der Waals surface area contributed by atoms with Gasteiger partial charge in [0, 0.05) is 6.04 Å². The van der Waals surface area contributed by atoms with Gasteiger partial charge in [0.25, 0.3) is 0 Å². The fraction of sp³-hybridized carbons (Fsp3) is 0.200. The lowest BCUT2D eigenvalue weighted by atomic mass is 10.0. The number of anilines is 1. The second-order valence-corrected chi connectivity index (χ2v) is 4.59. The van der Waals surface area contributed by atoms with Gasteiger partial charge in [0.1, 0.15) is 17.3 Å². The van der Waals surface area contributed by atoms with Crippen LogP contribution in [0.2, 0.25) is 0 Å². The molecule has 0 radical (unpaired) electrons. The Morgan fingerprint density at radius 1 is 0.952 bits per heavy atom. The Balaban J connectivity index is 2.27. The zero-order valence-electron chi connectivity index (χ0n) is 11.0. The van der Waals surface area contributed by atoms with Crippen LogP contribution in [0.15, 0.2) is 42.5 Å². The van der Waals surface area contributed by atoms with Crippen molar-refractivity contribution >= 4 is 5.69 Å². The highest BCUT2D eigenvalue weighted by Gasteiger charge is 2.30. The molecule has 0 bridgehead atoms. The molecule has 0 fully saturated rings. The van der Waals surface area contributed by atoms with Crippen molar-refractivity contribution in [2.45, 2.75) is 19.1 Å². The van der Waals surface area contributed by atoms with Crippen molar-refractivity contribution in [3.05, 3.63) is 65.2 Å². The molecule has 1 N–H and O–H groups in total. The molecule has 0 aliphatic carbocycles. The summed E-state index contributed by atoms with van der Waals surface area (Å²) in [6.45, 7) is 1.53. The van der Waals surface area contributed by atoms with E-state index in [0.29, 0.717) is 0 Å². The van der Waals surface area contributed by atoms with Crippen molar-refractivity contribution in [2.75, 3.05) is 5.32 Å². The summed E-state index contributed by atoms with van der Waals surface area (Å²) in [5, 5.41) is 2.56.